The fraction of sp³-hybridized carbons (Fsp3) is 0.333. The Morgan fingerprint density at radius 2 is 1.96 bits per heavy atom. The molecule has 0 saturated heterocycles. The highest BCUT2D eigenvalue weighted by molar-refractivity contribution is 5.98. The fourth-order valence-electron chi connectivity index (χ4n) is 2.84. The third-order valence-electron chi connectivity index (χ3n) is 4.60. The number of anilines is 1. The van der Waals surface area contributed by atoms with E-state index in [-0.39, 0.29) is 24.5 Å². The summed E-state index contributed by atoms with van der Waals surface area (Å²) in [6, 6.07) is 13.4. The largest absolute Gasteiger partial charge is 0.482 e. The molecule has 3 rings (SSSR count). The van der Waals surface area contributed by atoms with E-state index in [9.17, 15) is 9.59 Å². The quantitative estimate of drug-likeness (QED) is 0.897. The van der Waals surface area contributed by atoms with Crippen LogP contribution in [0.1, 0.15) is 41.8 Å². The zero-order valence-corrected chi connectivity index (χ0v) is 15.4. The van der Waals surface area contributed by atoms with Crippen LogP contribution < -0.4 is 15.0 Å². The van der Waals surface area contributed by atoms with Crippen molar-refractivity contribution < 1.29 is 14.3 Å². The van der Waals surface area contributed by atoms with E-state index in [1.54, 1.807) is 17.0 Å². The van der Waals surface area contributed by atoms with Gasteiger partial charge in [-0.15, -0.1) is 0 Å². The highest BCUT2D eigenvalue weighted by Crippen LogP contribution is 2.33. The van der Waals surface area contributed by atoms with Gasteiger partial charge in [-0.25, -0.2) is 0 Å². The van der Waals surface area contributed by atoms with Crippen molar-refractivity contribution in [1.29, 1.82) is 0 Å². The molecule has 1 N–H and O–H groups in total. The molecule has 1 aliphatic heterocycles. The lowest BCUT2D eigenvalue weighted by molar-refractivity contribution is -0.121. The van der Waals surface area contributed by atoms with Gasteiger partial charge in [-0.05, 0) is 55.7 Å². The number of hydrogen-bond acceptors (Lipinski definition) is 3. The highest BCUT2D eigenvalue weighted by Gasteiger charge is 2.25. The summed E-state index contributed by atoms with van der Waals surface area (Å²) in [4.78, 5) is 26.3. The van der Waals surface area contributed by atoms with E-state index < -0.39 is 0 Å². The number of carbonyl (C=O) groups is 2. The van der Waals surface area contributed by atoms with Gasteiger partial charge in [-0.3, -0.25) is 9.59 Å². The molecule has 0 radical (unpaired) electrons. The molecule has 0 bridgehead atoms. The first-order valence-corrected chi connectivity index (χ1v) is 8.91. The molecule has 2 aromatic rings. The molecular weight excluding hydrogens is 328 g/mol. The van der Waals surface area contributed by atoms with Gasteiger partial charge in [0.1, 0.15) is 5.75 Å². The maximum Gasteiger partial charge on any atom is 0.265 e. The summed E-state index contributed by atoms with van der Waals surface area (Å²) in [5.74, 6) is 0.579. The lowest BCUT2D eigenvalue weighted by Crippen LogP contribution is -2.38. The second kappa shape index (κ2) is 7.60. The van der Waals surface area contributed by atoms with Gasteiger partial charge in [0, 0.05) is 11.6 Å². The van der Waals surface area contributed by atoms with Crippen LogP contribution in [0.25, 0.3) is 0 Å². The summed E-state index contributed by atoms with van der Waals surface area (Å²) in [5, 5.41) is 2.95. The van der Waals surface area contributed by atoms with E-state index >= 15 is 0 Å². The van der Waals surface area contributed by atoms with Crippen LogP contribution in [0.4, 0.5) is 5.69 Å². The Labute approximate surface area is 154 Å². The van der Waals surface area contributed by atoms with E-state index in [2.05, 4.69) is 5.32 Å². The first-order chi connectivity index (χ1) is 12.5. The fourth-order valence-corrected chi connectivity index (χ4v) is 2.84. The smallest absolute Gasteiger partial charge is 0.265 e. The number of rotatable bonds is 5. The van der Waals surface area contributed by atoms with Crippen LogP contribution >= 0.6 is 0 Å². The molecule has 1 atom stereocenters. The molecular formula is C21H24N2O3. The molecule has 26 heavy (non-hydrogen) atoms. The lowest BCUT2D eigenvalue weighted by Gasteiger charge is -2.29. The standard InChI is InChI=1S/C21H24N2O3/c1-4-15(3)22-21(25)17-8-6-16(7-9-17)12-23-18-11-14(2)5-10-19(18)26-13-20(23)24/h5-11,15H,4,12-13H2,1-3H3,(H,22,25)/t15-/m1/s1. The molecule has 5 heteroatoms. The van der Waals surface area contributed by atoms with Crippen LogP contribution in [0.3, 0.4) is 0 Å². The number of benzene rings is 2. The molecule has 5 nitrogen and oxygen atoms in total. The molecule has 2 amide bonds. The number of fused-ring (bicyclic) bond motifs is 1. The van der Waals surface area contributed by atoms with Crippen molar-refractivity contribution in [2.75, 3.05) is 11.5 Å². The van der Waals surface area contributed by atoms with Crippen molar-refractivity contribution >= 4 is 17.5 Å². The molecule has 0 spiro atoms. The molecule has 0 fully saturated rings. The average molecular weight is 352 g/mol. The number of aryl methyl sites for hydroxylation is 1. The van der Waals surface area contributed by atoms with Gasteiger partial charge in [0.25, 0.3) is 11.8 Å². The van der Waals surface area contributed by atoms with Gasteiger partial charge in [-0.1, -0.05) is 25.1 Å². The molecule has 0 saturated carbocycles. The first-order valence-electron chi connectivity index (χ1n) is 8.91. The molecule has 0 unspecified atom stereocenters. The number of nitrogens with one attached hydrogen (secondary N) is 1. The highest BCUT2D eigenvalue weighted by atomic mass is 16.5. The van der Waals surface area contributed by atoms with Gasteiger partial charge >= 0.3 is 0 Å². The Balaban J connectivity index is 1.76. The molecule has 0 aliphatic carbocycles. The first kappa shape index (κ1) is 18.0. The molecule has 1 heterocycles. The average Bonchev–Trinajstić information content (AvgIpc) is 2.64. The maximum atomic E-state index is 12.3. The van der Waals surface area contributed by atoms with Crippen LogP contribution in [-0.2, 0) is 11.3 Å². The van der Waals surface area contributed by atoms with Gasteiger partial charge < -0.3 is 15.0 Å². The Kier molecular flexibility index (Phi) is 5.26. The van der Waals surface area contributed by atoms with Gasteiger partial charge in [-0.2, -0.15) is 0 Å². The lowest BCUT2D eigenvalue weighted by atomic mass is 10.1. The number of nitrogens with zero attached hydrogens (tertiary/aromatic N) is 1. The summed E-state index contributed by atoms with van der Waals surface area (Å²) in [6.07, 6.45) is 0.891. The number of amides is 2. The summed E-state index contributed by atoms with van der Waals surface area (Å²) in [6.45, 7) is 6.50. The van der Waals surface area contributed by atoms with E-state index in [1.165, 1.54) is 0 Å². The topological polar surface area (TPSA) is 58.6 Å². The zero-order valence-electron chi connectivity index (χ0n) is 15.4. The minimum Gasteiger partial charge on any atom is -0.482 e. The van der Waals surface area contributed by atoms with Gasteiger partial charge in [0.2, 0.25) is 0 Å². The number of ether oxygens (including phenoxy) is 1. The minimum absolute atomic E-state index is 0.0471. The van der Waals surface area contributed by atoms with Crippen molar-refractivity contribution in [3.8, 4) is 5.75 Å². The normalized spacial score (nSPS) is 14.4. The second-order valence-corrected chi connectivity index (χ2v) is 6.72. The van der Waals surface area contributed by atoms with E-state index in [0.717, 1.165) is 29.0 Å². The molecule has 136 valence electrons. The Morgan fingerprint density at radius 1 is 1.23 bits per heavy atom. The van der Waals surface area contributed by atoms with Crippen molar-refractivity contribution in [3.05, 3.63) is 59.2 Å². The predicted molar refractivity (Wildman–Crippen MR) is 102 cm³/mol. The predicted octanol–water partition coefficient (Wildman–Crippen LogP) is 3.45. The second-order valence-electron chi connectivity index (χ2n) is 6.72. The van der Waals surface area contributed by atoms with Crippen molar-refractivity contribution in [1.82, 2.24) is 5.32 Å². The summed E-state index contributed by atoms with van der Waals surface area (Å²) < 4.78 is 5.51. The monoisotopic (exact) mass is 352 g/mol. The van der Waals surface area contributed by atoms with Gasteiger partial charge in [0.05, 0.1) is 12.2 Å². The summed E-state index contributed by atoms with van der Waals surface area (Å²) in [5.41, 5.74) is 3.45. The number of carbonyl (C=O) groups excluding carboxylic acids is 2. The Morgan fingerprint density at radius 3 is 2.65 bits per heavy atom. The van der Waals surface area contributed by atoms with E-state index in [0.29, 0.717) is 12.1 Å². The van der Waals surface area contributed by atoms with Crippen LogP contribution in [0.5, 0.6) is 5.75 Å². The maximum absolute atomic E-state index is 12.3. The van der Waals surface area contributed by atoms with Gasteiger partial charge in [0.15, 0.2) is 6.61 Å². The molecule has 2 aromatic carbocycles. The third-order valence-corrected chi connectivity index (χ3v) is 4.60. The van der Waals surface area contributed by atoms with E-state index in [1.807, 2.05) is 51.1 Å². The van der Waals surface area contributed by atoms with Crippen LogP contribution in [0.2, 0.25) is 0 Å². The van der Waals surface area contributed by atoms with Crippen molar-refractivity contribution in [2.24, 2.45) is 0 Å². The van der Waals surface area contributed by atoms with Crippen LogP contribution in [-0.4, -0.2) is 24.5 Å². The summed E-state index contributed by atoms with van der Waals surface area (Å²) in [7, 11) is 0. The van der Waals surface area contributed by atoms with Crippen LogP contribution in [0, 0.1) is 6.92 Å². The SMILES string of the molecule is CC[C@@H](C)NC(=O)c1ccc(CN2C(=O)COc3ccc(C)cc32)cc1. The molecule has 1 aliphatic rings. The van der Waals surface area contributed by atoms with Crippen molar-refractivity contribution in [3.63, 3.8) is 0 Å². The summed E-state index contributed by atoms with van der Waals surface area (Å²) >= 11 is 0. The Hall–Kier alpha value is -2.82. The van der Waals surface area contributed by atoms with Crippen LogP contribution in [0.15, 0.2) is 42.5 Å². The van der Waals surface area contributed by atoms with Crippen molar-refractivity contribution in [2.45, 2.75) is 39.8 Å². The molecule has 0 aromatic heterocycles. The zero-order chi connectivity index (χ0) is 18.7. The Bertz CT molecular complexity index is 815. The third kappa shape index (κ3) is 3.87. The number of hydrogen-bond donors (Lipinski definition) is 1. The van der Waals surface area contributed by atoms with E-state index in [4.69, 9.17) is 4.74 Å². The minimum atomic E-state index is -0.0747.